The van der Waals surface area contributed by atoms with Gasteiger partial charge in [-0.2, -0.15) is 0 Å². The highest BCUT2D eigenvalue weighted by Gasteiger charge is 2.53. The maximum atomic E-state index is 10.9. The van der Waals surface area contributed by atoms with Crippen molar-refractivity contribution in [2.45, 2.75) is 130 Å². The Hall–Kier alpha value is -0.980. The molecule has 0 aromatic carbocycles. The predicted octanol–water partition coefficient (Wildman–Crippen LogP) is -7.49. The quantitative estimate of drug-likeness (QED) is 0.104. The first kappa shape index (κ1) is 35.9. The summed E-state index contributed by atoms with van der Waals surface area (Å²) in [6.07, 6.45) is -24.1. The van der Waals surface area contributed by atoms with E-state index in [1.54, 1.807) is 0 Å². The number of hydrogen-bond acceptors (Lipinski definition) is 18. The van der Waals surface area contributed by atoms with Gasteiger partial charge in [0.25, 0.3) is 0 Å². The van der Waals surface area contributed by atoms with Crippen LogP contribution in [0.2, 0.25) is 0 Å². The van der Waals surface area contributed by atoms with Crippen LogP contribution < -0.4 is 5.32 Å². The lowest BCUT2D eigenvalue weighted by molar-refractivity contribution is -0.367. The van der Waals surface area contributed by atoms with Gasteiger partial charge in [0.2, 0.25) is 0 Å². The fourth-order valence-corrected chi connectivity index (χ4v) is 6.02. The lowest BCUT2D eigenvalue weighted by atomic mass is 9.86. The van der Waals surface area contributed by atoms with E-state index in [1.165, 1.54) is 19.9 Å². The molecule has 4 aliphatic rings. The van der Waals surface area contributed by atoms with Crippen molar-refractivity contribution in [1.82, 2.24) is 5.32 Å². The second kappa shape index (κ2) is 14.8. The van der Waals surface area contributed by atoms with Crippen LogP contribution in [-0.4, -0.2) is 197 Å². The van der Waals surface area contributed by atoms with Crippen molar-refractivity contribution in [2.75, 3.05) is 19.8 Å². The second-order valence-corrected chi connectivity index (χ2v) is 11.7. The van der Waals surface area contributed by atoms with Gasteiger partial charge in [0.1, 0.15) is 79.4 Å². The minimum Gasteiger partial charge on any atom is -0.394 e. The van der Waals surface area contributed by atoms with Gasteiger partial charge in [-0.05, 0) is 19.4 Å². The maximum Gasteiger partial charge on any atom is 0.187 e. The molecule has 0 aromatic heterocycles. The molecule has 0 aromatic rings. The first-order valence-corrected chi connectivity index (χ1v) is 14.4. The summed E-state index contributed by atoms with van der Waals surface area (Å²) in [6, 6.07) is -2.14. The normalized spacial score (nSPS) is 52.0. The summed E-state index contributed by atoms with van der Waals surface area (Å²) in [7, 11) is 0. The second-order valence-electron chi connectivity index (χ2n) is 11.7. The fraction of sp³-hybridized carbons (Fsp3) is 0.923. The summed E-state index contributed by atoms with van der Waals surface area (Å²) in [4.78, 5) is 0. The summed E-state index contributed by atoms with van der Waals surface area (Å²) < 4.78 is 28.1. The van der Waals surface area contributed by atoms with Gasteiger partial charge < -0.3 is 90.3 Å². The Balaban J connectivity index is 1.42. The highest BCUT2D eigenvalue weighted by atomic mass is 16.7. The molecule has 3 aliphatic heterocycles. The third-order valence-electron chi connectivity index (χ3n) is 8.74. The van der Waals surface area contributed by atoms with Crippen LogP contribution in [0.3, 0.4) is 0 Å². The Labute approximate surface area is 252 Å². The topological polar surface area (TPSA) is 301 Å². The van der Waals surface area contributed by atoms with E-state index in [4.69, 9.17) is 23.7 Å². The van der Waals surface area contributed by atoms with Crippen molar-refractivity contribution >= 4 is 0 Å². The SMILES string of the molecule is CC1OC(CO)C(OC2OC(CO)C(OC3OC(C)C(NC4C=C(CO)C(O)C(O)C4O)C(O)C3O)C(O)C2O)C(O)C1O. The van der Waals surface area contributed by atoms with Crippen LogP contribution in [0.5, 0.6) is 0 Å². The molecule has 4 rings (SSSR count). The average Bonchev–Trinajstić information content (AvgIpc) is 3.00. The van der Waals surface area contributed by atoms with E-state index in [-0.39, 0.29) is 5.57 Å². The van der Waals surface area contributed by atoms with Gasteiger partial charge in [0.15, 0.2) is 12.6 Å². The Morgan fingerprint density at radius 3 is 1.70 bits per heavy atom. The highest BCUT2D eigenvalue weighted by Crippen LogP contribution is 2.33. The minimum atomic E-state index is -1.87. The van der Waals surface area contributed by atoms with Crippen LogP contribution in [-0.2, 0) is 23.7 Å². The zero-order valence-electron chi connectivity index (χ0n) is 24.1. The number of nitrogens with one attached hydrogen (secondary N) is 1. The van der Waals surface area contributed by atoms with Gasteiger partial charge in [-0.3, -0.25) is 0 Å². The molecule has 0 amide bonds. The molecular formula is C26H45NO17. The Morgan fingerprint density at radius 2 is 1.14 bits per heavy atom. The molecule has 18 heteroatoms. The third kappa shape index (κ3) is 6.98. The molecule has 3 fully saturated rings. The van der Waals surface area contributed by atoms with Gasteiger partial charge in [-0.25, -0.2) is 0 Å². The van der Waals surface area contributed by atoms with E-state index in [2.05, 4.69) is 5.32 Å². The van der Waals surface area contributed by atoms with Crippen molar-refractivity contribution < 1.29 is 85.0 Å². The van der Waals surface area contributed by atoms with Crippen LogP contribution >= 0.6 is 0 Å². The Morgan fingerprint density at radius 1 is 0.614 bits per heavy atom. The summed E-state index contributed by atoms with van der Waals surface area (Å²) in [5, 5.41) is 127. The summed E-state index contributed by atoms with van der Waals surface area (Å²) in [5.41, 5.74) is 0.0336. The molecule has 3 saturated heterocycles. The first-order valence-electron chi connectivity index (χ1n) is 14.4. The molecule has 13 N–H and O–H groups in total. The van der Waals surface area contributed by atoms with E-state index >= 15 is 0 Å². The standard InChI is InChI=1S/C26H45NO17/c1-7-13(27-10-3-9(4-28)15(32)18(35)16(10)33)17(34)21(38)25(41-7)43-24-12(6-30)42-26(22(39)20(24)37)44-23-11(5-29)40-8(2)14(31)19(23)36/h3,7-8,10-39H,4-6H2,1-2H3. The summed E-state index contributed by atoms with van der Waals surface area (Å²) in [6.45, 7) is 0.950. The smallest absolute Gasteiger partial charge is 0.187 e. The van der Waals surface area contributed by atoms with Crippen molar-refractivity contribution in [3.8, 4) is 0 Å². The van der Waals surface area contributed by atoms with Crippen LogP contribution in [0.25, 0.3) is 0 Å². The van der Waals surface area contributed by atoms with Crippen molar-refractivity contribution in [2.24, 2.45) is 0 Å². The van der Waals surface area contributed by atoms with Crippen molar-refractivity contribution in [1.29, 1.82) is 0 Å². The molecule has 18 nitrogen and oxygen atoms in total. The van der Waals surface area contributed by atoms with E-state index < -0.39 is 136 Å². The summed E-state index contributed by atoms with van der Waals surface area (Å²) >= 11 is 0. The zero-order valence-corrected chi connectivity index (χ0v) is 24.1. The lowest BCUT2D eigenvalue weighted by Gasteiger charge is -2.48. The maximum absolute atomic E-state index is 10.9. The third-order valence-corrected chi connectivity index (χ3v) is 8.74. The predicted molar refractivity (Wildman–Crippen MR) is 141 cm³/mol. The fourth-order valence-electron chi connectivity index (χ4n) is 6.02. The molecule has 0 saturated carbocycles. The molecule has 1 aliphatic carbocycles. The van der Waals surface area contributed by atoms with Gasteiger partial charge >= 0.3 is 0 Å². The van der Waals surface area contributed by atoms with Crippen LogP contribution in [0.15, 0.2) is 11.6 Å². The van der Waals surface area contributed by atoms with Gasteiger partial charge in [0, 0.05) is 0 Å². The molecule has 3 heterocycles. The lowest BCUT2D eigenvalue weighted by Crippen LogP contribution is -2.68. The van der Waals surface area contributed by atoms with Crippen LogP contribution in [0.4, 0.5) is 0 Å². The zero-order chi connectivity index (χ0) is 32.6. The number of aliphatic hydroxyl groups excluding tert-OH is 12. The molecule has 0 spiro atoms. The first-order chi connectivity index (χ1) is 20.7. The van der Waals surface area contributed by atoms with E-state index in [1.807, 2.05) is 0 Å². The molecule has 0 bridgehead atoms. The molecule has 256 valence electrons. The Kier molecular flexibility index (Phi) is 12.1. The van der Waals surface area contributed by atoms with Gasteiger partial charge in [0.05, 0.1) is 44.1 Å². The number of aliphatic hydroxyl groups is 12. The monoisotopic (exact) mass is 643 g/mol. The minimum absolute atomic E-state index is 0.0336. The van der Waals surface area contributed by atoms with Crippen molar-refractivity contribution in [3.63, 3.8) is 0 Å². The van der Waals surface area contributed by atoms with E-state index in [0.717, 1.165) is 0 Å². The van der Waals surface area contributed by atoms with Gasteiger partial charge in [-0.1, -0.05) is 6.08 Å². The average molecular weight is 644 g/mol. The van der Waals surface area contributed by atoms with E-state index in [9.17, 15) is 61.3 Å². The van der Waals surface area contributed by atoms with Crippen LogP contribution in [0.1, 0.15) is 13.8 Å². The highest BCUT2D eigenvalue weighted by molar-refractivity contribution is 5.22. The molecular weight excluding hydrogens is 598 g/mol. The summed E-state index contributed by atoms with van der Waals surface area (Å²) in [5.74, 6) is 0. The number of ether oxygens (including phenoxy) is 5. The van der Waals surface area contributed by atoms with Crippen LogP contribution in [0, 0.1) is 0 Å². The molecule has 19 atom stereocenters. The van der Waals surface area contributed by atoms with Crippen molar-refractivity contribution in [3.05, 3.63) is 11.6 Å². The molecule has 0 radical (unpaired) electrons. The molecule has 19 unspecified atom stereocenters. The largest absolute Gasteiger partial charge is 0.394 e. The van der Waals surface area contributed by atoms with Gasteiger partial charge in [-0.15, -0.1) is 0 Å². The Bertz CT molecular complexity index is 958. The molecule has 44 heavy (non-hydrogen) atoms. The number of rotatable bonds is 9. The van der Waals surface area contributed by atoms with E-state index in [0.29, 0.717) is 0 Å². The number of hydrogen-bond donors (Lipinski definition) is 13.